The maximum Gasteiger partial charge on any atom is 0.410 e. The molecule has 0 aliphatic carbocycles. The number of amides is 1. The predicted molar refractivity (Wildman–Crippen MR) is 32.7 cm³/mol. The zero-order chi connectivity index (χ0) is 8.36. The molecule has 0 aromatic rings. The van der Waals surface area contributed by atoms with Crippen molar-refractivity contribution in [3.63, 3.8) is 0 Å². The summed E-state index contributed by atoms with van der Waals surface area (Å²) in [6.45, 7) is 0. The van der Waals surface area contributed by atoms with E-state index in [0.717, 1.165) is 7.05 Å². The average molecular weight is 194 g/mol. The van der Waals surface area contributed by atoms with Gasteiger partial charge in [-0.15, -0.1) is 4.39 Å². The maximum absolute atomic E-state index is 11.7. The zero-order valence-corrected chi connectivity index (χ0v) is 6.35. The van der Waals surface area contributed by atoms with Crippen LogP contribution in [0.3, 0.4) is 0 Å². The zero-order valence-electron chi connectivity index (χ0n) is 4.78. The Morgan fingerprint density at radius 2 is 2.10 bits per heavy atom. The number of carbonyl (C=O) groups is 1. The fraction of sp³-hybridized carbons (Fsp3) is 0.667. The van der Waals surface area contributed by atoms with Gasteiger partial charge in [-0.05, 0) is 11.6 Å². The second-order valence-corrected chi connectivity index (χ2v) is 3.23. The molecule has 0 fully saturated rings. The van der Waals surface area contributed by atoms with Gasteiger partial charge in [-0.2, -0.15) is 8.78 Å². The molecule has 0 unspecified atom stereocenters. The van der Waals surface area contributed by atoms with E-state index >= 15 is 0 Å². The largest absolute Gasteiger partial charge is 0.410 e. The second kappa shape index (κ2) is 3.34. The van der Waals surface area contributed by atoms with Gasteiger partial charge in [-0.3, -0.25) is 4.31 Å². The molecule has 0 atom stereocenters. The van der Waals surface area contributed by atoms with Crippen LogP contribution in [-0.4, -0.2) is 22.2 Å². The maximum atomic E-state index is 11.7. The van der Waals surface area contributed by atoms with E-state index in [9.17, 15) is 18.0 Å². The van der Waals surface area contributed by atoms with Crippen molar-refractivity contribution in [2.75, 3.05) is 7.05 Å². The lowest BCUT2D eigenvalue weighted by molar-refractivity contribution is 0.188. The summed E-state index contributed by atoms with van der Waals surface area (Å²) in [7, 11) is 0.850. The molecule has 0 aromatic heterocycles. The number of hydrogen-bond acceptors (Lipinski definition) is 2. The van der Waals surface area contributed by atoms with Crippen molar-refractivity contribution < 1.29 is 18.0 Å². The van der Waals surface area contributed by atoms with Crippen LogP contribution in [0, 0.1) is 0 Å². The molecule has 0 radical (unpaired) electrons. The van der Waals surface area contributed by atoms with E-state index in [-0.39, 0.29) is 4.31 Å². The number of nitrogens with zero attached hydrogens (tertiary/aromatic N) is 1. The molecular weight excluding hydrogens is 191 g/mol. The van der Waals surface area contributed by atoms with Crippen LogP contribution in [0.2, 0.25) is 0 Å². The minimum Gasteiger partial charge on any atom is -0.255 e. The number of hydrogen-bond donors (Lipinski definition) is 0. The smallest absolute Gasteiger partial charge is 0.255 e. The molecule has 1 amide bonds. The van der Waals surface area contributed by atoms with Gasteiger partial charge in [0.2, 0.25) is 0 Å². The molecule has 0 aromatic carbocycles. The molecular formula is C3H3ClF3NOS. The first-order chi connectivity index (χ1) is 4.33. The Hall–Kier alpha value is -0.100. The van der Waals surface area contributed by atoms with Crippen molar-refractivity contribution in [1.82, 2.24) is 4.31 Å². The summed E-state index contributed by atoms with van der Waals surface area (Å²) < 4.78 is 31.4. The van der Waals surface area contributed by atoms with Gasteiger partial charge in [-0.25, -0.2) is 4.79 Å². The normalized spacial score (nSPS) is 11.3. The third-order valence-corrected chi connectivity index (χ3v) is 1.32. The highest BCUT2D eigenvalue weighted by molar-refractivity contribution is 7.99. The first kappa shape index (κ1) is 9.90. The lowest BCUT2D eigenvalue weighted by atomic mass is 11.2. The quantitative estimate of drug-likeness (QED) is 0.291. The van der Waals surface area contributed by atoms with Crippen LogP contribution in [0.5, 0.6) is 0 Å². The Bertz CT molecular complexity index is 138. The van der Waals surface area contributed by atoms with Crippen LogP contribution >= 0.6 is 23.5 Å². The molecule has 60 valence electrons. The Morgan fingerprint density at radius 1 is 1.70 bits per heavy atom. The lowest BCUT2D eigenvalue weighted by Crippen LogP contribution is -2.18. The first-order valence-corrected chi connectivity index (χ1v) is 3.17. The fourth-order valence-corrected chi connectivity index (χ4v) is 0.884. The van der Waals surface area contributed by atoms with Gasteiger partial charge in [0.15, 0.2) is 0 Å². The highest BCUT2D eigenvalue weighted by Gasteiger charge is 2.30. The summed E-state index contributed by atoms with van der Waals surface area (Å²) in [5.74, 6) is 0. The van der Waals surface area contributed by atoms with E-state index in [0.29, 0.717) is 0 Å². The summed E-state index contributed by atoms with van der Waals surface area (Å²) in [6, 6.07) is 0. The molecule has 10 heavy (non-hydrogen) atoms. The Balaban J connectivity index is 3.80. The van der Waals surface area contributed by atoms with Crippen LogP contribution < -0.4 is 0 Å². The Morgan fingerprint density at radius 3 is 2.20 bits per heavy atom. The average Bonchev–Trinajstić information content (AvgIpc) is 1.60. The van der Waals surface area contributed by atoms with Gasteiger partial charge >= 0.3 is 10.9 Å². The minimum atomic E-state index is -3.64. The Kier molecular flexibility index (Phi) is 3.30. The van der Waals surface area contributed by atoms with E-state index in [4.69, 9.17) is 0 Å². The summed E-state index contributed by atoms with van der Waals surface area (Å²) >= 11 is 3.95. The van der Waals surface area contributed by atoms with E-state index in [1.165, 1.54) is 0 Å². The van der Waals surface area contributed by atoms with Crippen molar-refractivity contribution in [2.24, 2.45) is 0 Å². The number of alkyl halides is 3. The van der Waals surface area contributed by atoms with Crippen LogP contribution in [-0.2, 0) is 0 Å². The van der Waals surface area contributed by atoms with Gasteiger partial charge in [-0.1, -0.05) is 0 Å². The topological polar surface area (TPSA) is 20.3 Å². The van der Waals surface area contributed by atoms with E-state index in [1.807, 2.05) is 0 Å². The predicted octanol–water partition coefficient (Wildman–Crippen LogP) is 2.45. The molecule has 0 aliphatic heterocycles. The molecule has 0 spiro atoms. The third-order valence-electron chi connectivity index (χ3n) is 0.488. The van der Waals surface area contributed by atoms with E-state index < -0.39 is 22.8 Å². The summed E-state index contributed by atoms with van der Waals surface area (Å²) in [5.41, 5.74) is 0. The van der Waals surface area contributed by atoms with Crippen molar-refractivity contribution >= 4 is 29.7 Å². The first-order valence-electron chi connectivity index (χ1n) is 2.02. The number of halogens is 4. The molecule has 7 heteroatoms. The lowest BCUT2D eigenvalue weighted by Gasteiger charge is -2.13. The fourth-order valence-electron chi connectivity index (χ4n) is 0.191. The summed E-state index contributed by atoms with van der Waals surface area (Å²) in [5, 5.41) is 0. The molecule has 0 N–H and O–H groups in total. The van der Waals surface area contributed by atoms with Crippen molar-refractivity contribution in [3.8, 4) is 0 Å². The SMILES string of the molecule is CN(SC(F)(F)Cl)C(=O)F. The van der Waals surface area contributed by atoms with Gasteiger partial charge in [0.25, 0.3) is 0 Å². The van der Waals surface area contributed by atoms with Crippen LogP contribution in [0.4, 0.5) is 18.0 Å². The van der Waals surface area contributed by atoms with Crippen molar-refractivity contribution in [2.45, 2.75) is 4.71 Å². The summed E-state index contributed by atoms with van der Waals surface area (Å²) in [4.78, 5) is 9.67. The summed E-state index contributed by atoms with van der Waals surface area (Å²) in [6.07, 6.45) is -1.97. The highest BCUT2D eigenvalue weighted by atomic mass is 35.5. The van der Waals surface area contributed by atoms with Crippen LogP contribution in [0.1, 0.15) is 0 Å². The van der Waals surface area contributed by atoms with Crippen molar-refractivity contribution in [3.05, 3.63) is 0 Å². The number of rotatable bonds is 2. The van der Waals surface area contributed by atoms with E-state index in [1.54, 1.807) is 0 Å². The van der Waals surface area contributed by atoms with Crippen LogP contribution in [0.25, 0.3) is 0 Å². The van der Waals surface area contributed by atoms with Crippen molar-refractivity contribution in [1.29, 1.82) is 0 Å². The third kappa shape index (κ3) is 4.75. The molecule has 0 saturated carbocycles. The van der Waals surface area contributed by atoms with Gasteiger partial charge < -0.3 is 0 Å². The molecule has 2 nitrogen and oxygen atoms in total. The molecule has 0 aliphatic rings. The molecule has 0 bridgehead atoms. The highest BCUT2D eigenvalue weighted by Crippen LogP contribution is 2.35. The molecule has 0 rings (SSSR count). The van der Waals surface area contributed by atoms with Crippen LogP contribution in [0.15, 0.2) is 0 Å². The van der Waals surface area contributed by atoms with Gasteiger partial charge in [0, 0.05) is 19.0 Å². The minimum absolute atomic E-state index is 0.104. The standard InChI is InChI=1S/C3H3ClF3NOS/c1-8(2(5)9)10-3(4,6)7/h1H3. The Labute approximate surface area is 64.4 Å². The van der Waals surface area contributed by atoms with E-state index in [2.05, 4.69) is 11.6 Å². The monoisotopic (exact) mass is 193 g/mol. The number of carbonyl (C=O) groups excluding carboxylic acids is 1. The molecule has 0 saturated heterocycles. The molecule has 0 heterocycles. The second-order valence-electron chi connectivity index (χ2n) is 1.29. The van der Waals surface area contributed by atoms with Gasteiger partial charge in [0.1, 0.15) is 0 Å². The van der Waals surface area contributed by atoms with Gasteiger partial charge in [0.05, 0.1) is 0 Å².